The summed E-state index contributed by atoms with van der Waals surface area (Å²) in [6.45, 7) is 0.699. The minimum Gasteiger partial charge on any atom is -0.478 e. The number of aromatic carboxylic acids is 1. The molecule has 1 aromatic carbocycles. The quantitative estimate of drug-likeness (QED) is 0.790. The highest BCUT2D eigenvalue weighted by Crippen LogP contribution is 2.49. The summed E-state index contributed by atoms with van der Waals surface area (Å²) in [5.41, 5.74) is 6.96. The standard InChI is InChI=1S/C14H17N3O2/c1-17(9-14(4-5-14)6-7-15)12-3-2-10(16)8-11(12)13(18)19/h2-3,8H,4-6,9,16H2,1H3,(H,18,19). The molecule has 1 aromatic rings. The van der Waals surface area contributed by atoms with Crippen molar-refractivity contribution in [1.82, 2.24) is 0 Å². The number of hydrogen-bond acceptors (Lipinski definition) is 4. The van der Waals surface area contributed by atoms with Gasteiger partial charge in [-0.2, -0.15) is 5.26 Å². The minimum atomic E-state index is -0.987. The molecule has 1 aliphatic rings. The lowest BCUT2D eigenvalue weighted by Crippen LogP contribution is -2.27. The van der Waals surface area contributed by atoms with E-state index in [4.69, 9.17) is 11.0 Å². The highest BCUT2D eigenvalue weighted by Gasteiger charge is 2.43. The maximum absolute atomic E-state index is 11.3. The van der Waals surface area contributed by atoms with E-state index < -0.39 is 5.97 Å². The number of nitrogen functional groups attached to an aromatic ring is 1. The van der Waals surface area contributed by atoms with Gasteiger partial charge >= 0.3 is 5.97 Å². The number of nitrogens with zero attached hydrogens (tertiary/aromatic N) is 2. The minimum absolute atomic E-state index is 0.0423. The number of carboxylic acids is 1. The first-order valence-corrected chi connectivity index (χ1v) is 6.18. The molecule has 1 aliphatic carbocycles. The molecule has 0 radical (unpaired) electrons. The number of carboxylic acid groups (broad SMARTS) is 1. The van der Waals surface area contributed by atoms with Crippen LogP contribution in [0.25, 0.3) is 0 Å². The third-order valence-electron chi connectivity index (χ3n) is 3.65. The maximum atomic E-state index is 11.3. The van der Waals surface area contributed by atoms with Crippen LogP contribution in [0.5, 0.6) is 0 Å². The second kappa shape index (κ2) is 4.81. The molecule has 19 heavy (non-hydrogen) atoms. The third-order valence-corrected chi connectivity index (χ3v) is 3.65. The zero-order valence-corrected chi connectivity index (χ0v) is 10.9. The zero-order chi connectivity index (χ0) is 14.0. The van der Waals surface area contributed by atoms with Crippen LogP contribution in [0.1, 0.15) is 29.6 Å². The van der Waals surface area contributed by atoms with Crippen LogP contribution >= 0.6 is 0 Å². The number of nitriles is 1. The van der Waals surface area contributed by atoms with Gasteiger partial charge in [0, 0.05) is 31.1 Å². The number of carbonyl (C=O) groups is 1. The first-order valence-electron chi connectivity index (χ1n) is 6.18. The van der Waals surface area contributed by atoms with Crippen LogP contribution in [0.3, 0.4) is 0 Å². The predicted molar refractivity (Wildman–Crippen MR) is 73.0 cm³/mol. The molecule has 0 aromatic heterocycles. The van der Waals surface area contributed by atoms with Gasteiger partial charge in [-0.25, -0.2) is 4.79 Å². The molecule has 0 heterocycles. The van der Waals surface area contributed by atoms with E-state index in [0.717, 1.165) is 12.8 Å². The maximum Gasteiger partial charge on any atom is 0.337 e. The van der Waals surface area contributed by atoms with E-state index in [9.17, 15) is 9.90 Å². The summed E-state index contributed by atoms with van der Waals surface area (Å²) >= 11 is 0. The summed E-state index contributed by atoms with van der Waals surface area (Å²) in [4.78, 5) is 13.2. The molecule has 0 saturated heterocycles. The highest BCUT2D eigenvalue weighted by molar-refractivity contribution is 5.95. The molecule has 0 bridgehead atoms. The van der Waals surface area contributed by atoms with Gasteiger partial charge in [0.2, 0.25) is 0 Å². The summed E-state index contributed by atoms with van der Waals surface area (Å²) in [5, 5.41) is 18.0. The molecule has 5 nitrogen and oxygen atoms in total. The van der Waals surface area contributed by atoms with E-state index >= 15 is 0 Å². The lowest BCUT2D eigenvalue weighted by molar-refractivity contribution is 0.0697. The van der Waals surface area contributed by atoms with Crippen molar-refractivity contribution in [1.29, 1.82) is 5.26 Å². The van der Waals surface area contributed by atoms with Gasteiger partial charge in [0.25, 0.3) is 0 Å². The SMILES string of the molecule is CN(CC1(CC#N)CC1)c1ccc(N)cc1C(=O)O. The Labute approximate surface area is 112 Å². The zero-order valence-electron chi connectivity index (χ0n) is 10.9. The van der Waals surface area contributed by atoms with E-state index in [2.05, 4.69) is 6.07 Å². The van der Waals surface area contributed by atoms with E-state index in [1.807, 2.05) is 11.9 Å². The molecule has 1 saturated carbocycles. The highest BCUT2D eigenvalue weighted by atomic mass is 16.4. The average Bonchev–Trinajstić information content (AvgIpc) is 3.08. The summed E-state index contributed by atoms with van der Waals surface area (Å²) in [7, 11) is 1.86. The van der Waals surface area contributed by atoms with Gasteiger partial charge in [0.15, 0.2) is 0 Å². The third kappa shape index (κ3) is 2.79. The van der Waals surface area contributed by atoms with E-state index in [1.54, 1.807) is 12.1 Å². The molecule has 1 fully saturated rings. The Morgan fingerprint density at radius 3 is 2.79 bits per heavy atom. The molecule has 0 aliphatic heterocycles. The molecule has 0 unspecified atom stereocenters. The fourth-order valence-corrected chi connectivity index (χ4v) is 2.38. The normalized spacial score (nSPS) is 15.6. The van der Waals surface area contributed by atoms with Crippen LogP contribution in [0, 0.1) is 16.7 Å². The van der Waals surface area contributed by atoms with Crippen molar-refractivity contribution in [2.24, 2.45) is 5.41 Å². The summed E-state index contributed by atoms with van der Waals surface area (Å²) in [6, 6.07) is 7.10. The van der Waals surface area contributed by atoms with E-state index in [-0.39, 0.29) is 11.0 Å². The van der Waals surface area contributed by atoms with Crippen LogP contribution in [0.15, 0.2) is 18.2 Å². The van der Waals surface area contributed by atoms with Crippen LogP contribution < -0.4 is 10.6 Å². The van der Waals surface area contributed by atoms with Gasteiger partial charge in [0.1, 0.15) is 0 Å². The predicted octanol–water partition coefficient (Wildman–Crippen LogP) is 2.10. The van der Waals surface area contributed by atoms with E-state index in [1.165, 1.54) is 6.07 Å². The first-order chi connectivity index (χ1) is 8.97. The van der Waals surface area contributed by atoms with Gasteiger partial charge in [-0.1, -0.05) is 0 Å². The second-order valence-corrected chi connectivity index (χ2v) is 5.27. The van der Waals surface area contributed by atoms with Crippen LogP contribution in [0.4, 0.5) is 11.4 Å². The topological polar surface area (TPSA) is 90.4 Å². The fraction of sp³-hybridized carbons (Fsp3) is 0.429. The van der Waals surface area contributed by atoms with Crippen molar-refractivity contribution in [3.05, 3.63) is 23.8 Å². The Morgan fingerprint density at radius 1 is 1.58 bits per heavy atom. The van der Waals surface area contributed by atoms with Crippen LogP contribution in [-0.4, -0.2) is 24.7 Å². The average molecular weight is 259 g/mol. The van der Waals surface area contributed by atoms with Crippen LogP contribution in [-0.2, 0) is 0 Å². The number of benzene rings is 1. The van der Waals surface area contributed by atoms with Crippen molar-refractivity contribution < 1.29 is 9.90 Å². The van der Waals surface area contributed by atoms with Gasteiger partial charge in [0.05, 0.1) is 17.3 Å². The van der Waals surface area contributed by atoms with Gasteiger partial charge in [-0.3, -0.25) is 0 Å². The molecule has 0 amide bonds. The first kappa shape index (κ1) is 13.2. The van der Waals surface area contributed by atoms with Crippen molar-refractivity contribution in [2.75, 3.05) is 24.2 Å². The van der Waals surface area contributed by atoms with Gasteiger partial charge in [-0.05, 0) is 31.0 Å². The summed E-state index contributed by atoms with van der Waals surface area (Å²) < 4.78 is 0. The lowest BCUT2D eigenvalue weighted by atomic mass is 10.0. The van der Waals surface area contributed by atoms with Crippen LogP contribution in [0.2, 0.25) is 0 Å². The molecule has 0 spiro atoms. The molecule has 5 heteroatoms. The van der Waals surface area contributed by atoms with Gasteiger partial charge < -0.3 is 15.7 Å². The largest absolute Gasteiger partial charge is 0.478 e. The summed E-state index contributed by atoms with van der Waals surface area (Å²) in [6.07, 6.45) is 2.58. The molecular formula is C14H17N3O2. The Hall–Kier alpha value is -2.22. The molecule has 0 atom stereocenters. The van der Waals surface area contributed by atoms with Crippen molar-refractivity contribution in [3.63, 3.8) is 0 Å². The number of nitrogens with two attached hydrogens (primary N) is 1. The van der Waals surface area contributed by atoms with Crippen molar-refractivity contribution in [3.8, 4) is 6.07 Å². The monoisotopic (exact) mass is 259 g/mol. The smallest absolute Gasteiger partial charge is 0.337 e. The van der Waals surface area contributed by atoms with Crippen molar-refractivity contribution in [2.45, 2.75) is 19.3 Å². The lowest BCUT2D eigenvalue weighted by Gasteiger charge is -2.25. The molecule has 3 N–H and O–H groups in total. The Bertz CT molecular complexity index is 544. The second-order valence-electron chi connectivity index (χ2n) is 5.27. The number of rotatable bonds is 5. The van der Waals surface area contributed by atoms with Gasteiger partial charge in [-0.15, -0.1) is 0 Å². The van der Waals surface area contributed by atoms with E-state index in [0.29, 0.717) is 24.3 Å². The Kier molecular flexibility index (Phi) is 3.34. The number of hydrogen-bond donors (Lipinski definition) is 2. The molecule has 2 rings (SSSR count). The summed E-state index contributed by atoms with van der Waals surface area (Å²) in [5.74, 6) is -0.987. The molecule has 100 valence electrons. The Balaban J connectivity index is 2.22. The van der Waals surface area contributed by atoms with Crippen molar-refractivity contribution >= 4 is 17.3 Å². The Morgan fingerprint density at radius 2 is 2.26 bits per heavy atom. The molecular weight excluding hydrogens is 242 g/mol. The fourth-order valence-electron chi connectivity index (χ4n) is 2.38. The number of anilines is 2.